The van der Waals surface area contributed by atoms with Gasteiger partial charge in [-0.05, 0) is 60.7 Å². The molecular formula is C21H24F2N4O2. The standard InChI is InChI=1S/C21H24F2N4O2/c22-17-3-1-15(2-4-17)13-24-20(28)25-14-16-9-11-27(12-10-16)21(29)26-19-7-5-18(23)6-8-19/h1-8,16H,9-14H2,(H,26,29)(H2,24,25,28). The minimum absolute atomic E-state index is 0.208. The number of carbonyl (C=O) groups excluding carboxylic acids is 2. The number of hydrogen-bond acceptors (Lipinski definition) is 2. The molecule has 0 aromatic heterocycles. The van der Waals surface area contributed by atoms with Gasteiger partial charge in [-0.25, -0.2) is 18.4 Å². The van der Waals surface area contributed by atoms with Crippen LogP contribution in [0, 0.1) is 17.6 Å². The summed E-state index contributed by atoms with van der Waals surface area (Å²) in [7, 11) is 0. The molecule has 0 spiro atoms. The van der Waals surface area contributed by atoms with Crippen LogP contribution in [0.25, 0.3) is 0 Å². The molecule has 1 aliphatic heterocycles. The highest BCUT2D eigenvalue weighted by Crippen LogP contribution is 2.18. The van der Waals surface area contributed by atoms with Gasteiger partial charge in [0.25, 0.3) is 0 Å². The summed E-state index contributed by atoms with van der Waals surface area (Å²) < 4.78 is 25.8. The van der Waals surface area contributed by atoms with Gasteiger partial charge in [0.05, 0.1) is 0 Å². The third-order valence-electron chi connectivity index (χ3n) is 4.91. The van der Waals surface area contributed by atoms with Crippen molar-refractivity contribution in [2.75, 3.05) is 25.0 Å². The third-order valence-corrected chi connectivity index (χ3v) is 4.91. The Morgan fingerprint density at radius 2 is 1.48 bits per heavy atom. The van der Waals surface area contributed by atoms with Gasteiger partial charge in [-0.1, -0.05) is 12.1 Å². The highest BCUT2D eigenvalue weighted by molar-refractivity contribution is 5.89. The van der Waals surface area contributed by atoms with Crippen LogP contribution in [0.4, 0.5) is 24.1 Å². The van der Waals surface area contributed by atoms with Crippen LogP contribution in [0.1, 0.15) is 18.4 Å². The normalized spacial score (nSPS) is 14.3. The second-order valence-electron chi connectivity index (χ2n) is 7.06. The van der Waals surface area contributed by atoms with Crippen molar-refractivity contribution in [1.82, 2.24) is 15.5 Å². The van der Waals surface area contributed by atoms with E-state index in [9.17, 15) is 18.4 Å². The molecule has 3 rings (SSSR count). The molecule has 1 aliphatic rings. The molecule has 0 saturated carbocycles. The summed E-state index contributed by atoms with van der Waals surface area (Å²) in [6.45, 7) is 2.05. The van der Waals surface area contributed by atoms with Gasteiger partial charge >= 0.3 is 12.1 Å². The van der Waals surface area contributed by atoms with E-state index < -0.39 is 0 Å². The first-order chi connectivity index (χ1) is 14.0. The molecule has 1 saturated heterocycles. The number of nitrogens with zero attached hydrogens (tertiary/aromatic N) is 1. The first-order valence-corrected chi connectivity index (χ1v) is 9.57. The number of rotatable bonds is 5. The van der Waals surface area contributed by atoms with Gasteiger partial charge in [-0.2, -0.15) is 0 Å². The summed E-state index contributed by atoms with van der Waals surface area (Å²) in [5.41, 5.74) is 1.38. The van der Waals surface area contributed by atoms with Gasteiger partial charge < -0.3 is 20.9 Å². The molecule has 154 valence electrons. The number of nitrogens with one attached hydrogen (secondary N) is 3. The van der Waals surface area contributed by atoms with Crippen molar-refractivity contribution in [3.8, 4) is 0 Å². The van der Waals surface area contributed by atoms with E-state index in [1.165, 1.54) is 36.4 Å². The summed E-state index contributed by atoms with van der Waals surface area (Å²) in [5.74, 6) is -0.365. The molecular weight excluding hydrogens is 378 g/mol. The van der Waals surface area contributed by atoms with Gasteiger partial charge in [0, 0.05) is 31.9 Å². The molecule has 2 aromatic rings. The first-order valence-electron chi connectivity index (χ1n) is 9.57. The second kappa shape index (κ2) is 9.86. The number of hydrogen-bond donors (Lipinski definition) is 3. The van der Waals surface area contributed by atoms with Crippen LogP contribution in [-0.4, -0.2) is 36.6 Å². The molecule has 0 atom stereocenters. The summed E-state index contributed by atoms with van der Waals surface area (Å²) >= 11 is 0. The number of likely N-dealkylation sites (tertiary alicyclic amines) is 1. The number of urea groups is 2. The Labute approximate surface area is 168 Å². The largest absolute Gasteiger partial charge is 0.338 e. The van der Waals surface area contributed by atoms with Crippen molar-refractivity contribution >= 4 is 17.7 Å². The quantitative estimate of drug-likeness (QED) is 0.713. The lowest BCUT2D eigenvalue weighted by Crippen LogP contribution is -2.44. The van der Waals surface area contributed by atoms with Crippen molar-refractivity contribution in [2.24, 2.45) is 5.92 Å². The van der Waals surface area contributed by atoms with Crippen LogP contribution >= 0.6 is 0 Å². The van der Waals surface area contributed by atoms with Gasteiger partial charge in [0.1, 0.15) is 11.6 Å². The van der Waals surface area contributed by atoms with Crippen molar-refractivity contribution in [2.45, 2.75) is 19.4 Å². The lowest BCUT2D eigenvalue weighted by Gasteiger charge is -2.32. The molecule has 0 unspecified atom stereocenters. The predicted octanol–water partition coefficient (Wildman–Crippen LogP) is 3.71. The number of benzene rings is 2. The van der Waals surface area contributed by atoms with E-state index in [2.05, 4.69) is 16.0 Å². The molecule has 0 aliphatic carbocycles. The van der Waals surface area contributed by atoms with Crippen molar-refractivity contribution < 1.29 is 18.4 Å². The third kappa shape index (κ3) is 6.44. The molecule has 0 radical (unpaired) electrons. The monoisotopic (exact) mass is 402 g/mol. The average molecular weight is 402 g/mol. The Hall–Kier alpha value is -3.16. The van der Waals surface area contributed by atoms with Gasteiger partial charge in [0.2, 0.25) is 0 Å². The lowest BCUT2D eigenvalue weighted by atomic mass is 9.97. The molecule has 3 N–H and O–H groups in total. The Kier molecular flexibility index (Phi) is 6.99. The Balaban J connectivity index is 1.33. The molecule has 6 nitrogen and oxygen atoms in total. The first kappa shape index (κ1) is 20.6. The molecule has 29 heavy (non-hydrogen) atoms. The fourth-order valence-corrected chi connectivity index (χ4v) is 3.16. The average Bonchev–Trinajstić information content (AvgIpc) is 2.74. The highest BCUT2D eigenvalue weighted by atomic mass is 19.1. The van der Waals surface area contributed by atoms with E-state index in [1.807, 2.05) is 0 Å². The second-order valence-corrected chi connectivity index (χ2v) is 7.06. The molecule has 1 fully saturated rings. The smallest absolute Gasteiger partial charge is 0.321 e. The van der Waals surface area contributed by atoms with Crippen LogP contribution in [0.5, 0.6) is 0 Å². The lowest BCUT2D eigenvalue weighted by molar-refractivity contribution is 0.181. The van der Waals surface area contributed by atoms with Gasteiger partial charge in [-0.15, -0.1) is 0 Å². The summed E-state index contributed by atoms with van der Waals surface area (Å²) in [4.78, 5) is 25.9. The number of carbonyl (C=O) groups is 2. The minimum atomic E-state index is -0.349. The number of piperidine rings is 1. The molecule has 2 aromatic carbocycles. The van der Waals surface area contributed by atoms with E-state index in [1.54, 1.807) is 17.0 Å². The fourth-order valence-electron chi connectivity index (χ4n) is 3.16. The van der Waals surface area contributed by atoms with E-state index in [4.69, 9.17) is 0 Å². The Morgan fingerprint density at radius 3 is 2.10 bits per heavy atom. The fraction of sp³-hybridized carbons (Fsp3) is 0.333. The maximum absolute atomic E-state index is 12.9. The summed E-state index contributed by atoms with van der Waals surface area (Å²) in [6, 6.07) is 11.1. The van der Waals surface area contributed by atoms with Gasteiger partial charge in [0.15, 0.2) is 0 Å². The Morgan fingerprint density at radius 1 is 0.897 bits per heavy atom. The number of halogens is 2. The highest BCUT2D eigenvalue weighted by Gasteiger charge is 2.23. The molecule has 8 heteroatoms. The maximum Gasteiger partial charge on any atom is 0.321 e. The number of anilines is 1. The maximum atomic E-state index is 12.9. The SMILES string of the molecule is O=C(NCc1ccc(F)cc1)NCC1CCN(C(=O)Nc2ccc(F)cc2)CC1. The van der Waals surface area contributed by atoms with Crippen molar-refractivity contribution in [3.05, 3.63) is 65.7 Å². The zero-order valence-electron chi connectivity index (χ0n) is 16.0. The van der Waals surface area contributed by atoms with Crippen LogP contribution < -0.4 is 16.0 Å². The zero-order chi connectivity index (χ0) is 20.6. The summed E-state index contributed by atoms with van der Waals surface area (Å²) in [5, 5.41) is 8.34. The van der Waals surface area contributed by atoms with E-state index in [0.29, 0.717) is 37.8 Å². The van der Waals surface area contributed by atoms with Crippen LogP contribution in [0.3, 0.4) is 0 Å². The van der Waals surface area contributed by atoms with Crippen molar-refractivity contribution in [3.63, 3.8) is 0 Å². The predicted molar refractivity (Wildman–Crippen MR) is 106 cm³/mol. The number of amides is 4. The van der Waals surface area contributed by atoms with Crippen LogP contribution in [0.2, 0.25) is 0 Å². The molecule has 0 bridgehead atoms. The van der Waals surface area contributed by atoms with Gasteiger partial charge in [-0.3, -0.25) is 0 Å². The summed E-state index contributed by atoms with van der Waals surface area (Å²) in [6.07, 6.45) is 1.57. The topological polar surface area (TPSA) is 73.5 Å². The molecule has 1 heterocycles. The van der Waals surface area contributed by atoms with Crippen LogP contribution in [0.15, 0.2) is 48.5 Å². The Bertz CT molecular complexity index is 820. The molecule has 4 amide bonds. The van der Waals surface area contributed by atoms with E-state index >= 15 is 0 Å². The van der Waals surface area contributed by atoms with Crippen molar-refractivity contribution in [1.29, 1.82) is 0 Å². The minimum Gasteiger partial charge on any atom is -0.338 e. The van der Waals surface area contributed by atoms with Crippen LogP contribution in [-0.2, 0) is 6.54 Å². The van der Waals surface area contributed by atoms with E-state index in [-0.39, 0.29) is 23.7 Å². The van der Waals surface area contributed by atoms with E-state index in [0.717, 1.165) is 18.4 Å². The zero-order valence-corrected chi connectivity index (χ0v) is 16.0.